The van der Waals surface area contributed by atoms with Gasteiger partial charge in [-0.3, -0.25) is 4.99 Å². The molecule has 2 fully saturated rings. The normalized spacial score (nSPS) is 20.7. The van der Waals surface area contributed by atoms with E-state index in [1.165, 1.54) is 25.1 Å². The highest BCUT2D eigenvalue weighted by molar-refractivity contribution is 5.79. The fourth-order valence-corrected chi connectivity index (χ4v) is 4.50. The van der Waals surface area contributed by atoms with Gasteiger partial charge in [0.05, 0.1) is 5.56 Å². The second-order valence-corrected chi connectivity index (χ2v) is 8.92. The summed E-state index contributed by atoms with van der Waals surface area (Å²) in [5.41, 5.74) is -0.0575. The number of hydrogen-bond acceptors (Lipinski definition) is 3. The van der Waals surface area contributed by atoms with Crippen molar-refractivity contribution in [1.29, 1.82) is 0 Å². The van der Waals surface area contributed by atoms with E-state index in [0.717, 1.165) is 70.0 Å². The van der Waals surface area contributed by atoms with Crippen LogP contribution in [0.4, 0.5) is 13.2 Å². The van der Waals surface area contributed by atoms with Crippen LogP contribution in [0.1, 0.15) is 43.2 Å². The van der Waals surface area contributed by atoms with Gasteiger partial charge in [-0.2, -0.15) is 13.2 Å². The van der Waals surface area contributed by atoms with Gasteiger partial charge in [0.1, 0.15) is 0 Å². The molecule has 1 aromatic carbocycles. The Labute approximate surface area is 184 Å². The molecule has 2 N–H and O–H groups in total. The van der Waals surface area contributed by atoms with Gasteiger partial charge in [0.15, 0.2) is 5.96 Å². The summed E-state index contributed by atoms with van der Waals surface area (Å²) in [4.78, 5) is 9.20. The molecule has 0 aromatic heterocycles. The molecule has 31 heavy (non-hydrogen) atoms. The van der Waals surface area contributed by atoms with E-state index in [1.54, 1.807) is 7.05 Å². The molecule has 0 spiro atoms. The Kier molecular flexibility index (Phi) is 8.22. The summed E-state index contributed by atoms with van der Waals surface area (Å²) in [5, 5.41) is 6.72. The van der Waals surface area contributed by atoms with Crippen molar-refractivity contribution in [3.8, 4) is 0 Å². The molecule has 8 heteroatoms. The summed E-state index contributed by atoms with van der Waals surface area (Å²) < 4.78 is 39.4. The van der Waals surface area contributed by atoms with Crippen molar-refractivity contribution in [2.45, 2.75) is 43.7 Å². The molecule has 1 aliphatic heterocycles. The minimum atomic E-state index is -4.31. The van der Waals surface area contributed by atoms with Crippen molar-refractivity contribution in [1.82, 2.24) is 20.4 Å². The molecule has 1 saturated carbocycles. The lowest BCUT2D eigenvalue weighted by Gasteiger charge is -2.43. The molecular formula is C23H36F3N5. The highest BCUT2D eigenvalue weighted by atomic mass is 19.4. The highest BCUT2D eigenvalue weighted by Crippen LogP contribution is 2.44. The van der Waals surface area contributed by atoms with Crippen LogP contribution < -0.4 is 10.6 Å². The van der Waals surface area contributed by atoms with Crippen molar-refractivity contribution < 1.29 is 13.2 Å². The van der Waals surface area contributed by atoms with Crippen molar-refractivity contribution >= 4 is 5.96 Å². The van der Waals surface area contributed by atoms with Crippen LogP contribution in [0.5, 0.6) is 0 Å². The second kappa shape index (κ2) is 10.7. The van der Waals surface area contributed by atoms with E-state index in [-0.39, 0.29) is 5.41 Å². The van der Waals surface area contributed by atoms with Crippen LogP contribution in [-0.4, -0.2) is 75.7 Å². The third-order valence-corrected chi connectivity index (χ3v) is 6.69. The Hall–Kier alpha value is -1.80. The molecule has 1 saturated heterocycles. The number of benzene rings is 1. The smallest absolute Gasteiger partial charge is 0.356 e. The number of likely N-dealkylation sites (N-methyl/N-ethyl adjacent to an activating group) is 1. The van der Waals surface area contributed by atoms with Gasteiger partial charge < -0.3 is 20.4 Å². The molecule has 1 heterocycles. The van der Waals surface area contributed by atoms with Crippen molar-refractivity contribution in [3.05, 3.63) is 35.4 Å². The van der Waals surface area contributed by atoms with Gasteiger partial charge in [-0.05, 0) is 64.0 Å². The van der Waals surface area contributed by atoms with Crippen molar-refractivity contribution in [2.75, 3.05) is 59.9 Å². The summed E-state index contributed by atoms with van der Waals surface area (Å²) in [6.07, 6.45) is 0.751. The lowest BCUT2D eigenvalue weighted by Crippen LogP contribution is -2.49. The van der Waals surface area contributed by atoms with E-state index in [9.17, 15) is 13.2 Å². The summed E-state index contributed by atoms with van der Waals surface area (Å²) in [5.74, 6) is 0.717. The molecule has 0 bridgehead atoms. The highest BCUT2D eigenvalue weighted by Gasteiger charge is 2.40. The van der Waals surface area contributed by atoms with Crippen LogP contribution >= 0.6 is 0 Å². The molecule has 0 radical (unpaired) electrons. The maximum atomic E-state index is 13.1. The summed E-state index contributed by atoms with van der Waals surface area (Å²) >= 11 is 0. The molecule has 3 rings (SSSR count). The van der Waals surface area contributed by atoms with Crippen LogP contribution in [0, 0.1) is 0 Å². The molecular weight excluding hydrogens is 403 g/mol. The fraction of sp³-hybridized carbons (Fsp3) is 0.696. The van der Waals surface area contributed by atoms with Crippen molar-refractivity contribution in [3.63, 3.8) is 0 Å². The van der Waals surface area contributed by atoms with Gasteiger partial charge in [0.2, 0.25) is 0 Å². The third-order valence-electron chi connectivity index (χ3n) is 6.69. The van der Waals surface area contributed by atoms with Crippen molar-refractivity contribution in [2.24, 2.45) is 4.99 Å². The number of nitrogens with one attached hydrogen (secondary N) is 2. The van der Waals surface area contributed by atoms with E-state index in [1.807, 2.05) is 6.07 Å². The third kappa shape index (κ3) is 6.59. The van der Waals surface area contributed by atoms with Gasteiger partial charge >= 0.3 is 6.18 Å². The van der Waals surface area contributed by atoms with E-state index >= 15 is 0 Å². The van der Waals surface area contributed by atoms with Crippen LogP contribution in [0.15, 0.2) is 29.3 Å². The maximum absolute atomic E-state index is 13.1. The van der Waals surface area contributed by atoms with Crippen LogP contribution in [0.25, 0.3) is 0 Å². The van der Waals surface area contributed by atoms with E-state index in [4.69, 9.17) is 0 Å². The number of alkyl halides is 3. The molecule has 1 aromatic rings. The predicted octanol–water partition coefficient (Wildman–Crippen LogP) is 3.32. The average Bonchev–Trinajstić information content (AvgIpc) is 2.92. The molecule has 174 valence electrons. The standard InChI is InChI=1S/C23H36F3N5/c1-27-21(28-11-5-13-31-14-6-12-30(2)15-16-31)29-18-22(9-4-10-22)19-7-3-8-20(17-19)23(24,25)26/h3,7-8,17H,4-6,9-16,18H2,1-2H3,(H2,27,28,29). The number of guanidine groups is 1. The number of rotatable bonds is 7. The van der Waals surface area contributed by atoms with E-state index in [0.29, 0.717) is 12.5 Å². The Bertz CT molecular complexity index is 730. The zero-order valence-electron chi connectivity index (χ0n) is 18.8. The summed E-state index contributed by atoms with van der Waals surface area (Å²) in [6, 6.07) is 5.80. The zero-order valence-corrected chi connectivity index (χ0v) is 18.8. The molecule has 0 amide bonds. The number of halogens is 3. The lowest BCUT2D eigenvalue weighted by atomic mass is 9.64. The maximum Gasteiger partial charge on any atom is 0.416 e. The number of nitrogens with zero attached hydrogens (tertiary/aromatic N) is 3. The summed E-state index contributed by atoms with van der Waals surface area (Å²) in [7, 11) is 3.91. The fourth-order valence-electron chi connectivity index (χ4n) is 4.50. The minimum Gasteiger partial charge on any atom is -0.356 e. The van der Waals surface area contributed by atoms with Gasteiger partial charge in [-0.1, -0.05) is 24.6 Å². The Balaban J connectivity index is 1.47. The van der Waals surface area contributed by atoms with Gasteiger partial charge in [-0.15, -0.1) is 0 Å². The predicted molar refractivity (Wildman–Crippen MR) is 120 cm³/mol. The first kappa shape index (κ1) is 23.9. The van der Waals surface area contributed by atoms with Crippen LogP contribution in [-0.2, 0) is 11.6 Å². The first-order valence-corrected chi connectivity index (χ1v) is 11.4. The van der Waals surface area contributed by atoms with E-state index in [2.05, 4.69) is 32.5 Å². The largest absolute Gasteiger partial charge is 0.416 e. The Morgan fingerprint density at radius 2 is 1.90 bits per heavy atom. The Morgan fingerprint density at radius 3 is 2.58 bits per heavy atom. The minimum absolute atomic E-state index is 0.253. The molecule has 0 atom stereocenters. The van der Waals surface area contributed by atoms with Crippen LogP contribution in [0.2, 0.25) is 0 Å². The first-order chi connectivity index (χ1) is 14.8. The first-order valence-electron chi connectivity index (χ1n) is 11.4. The SMILES string of the molecule is CN=C(NCCCN1CCCN(C)CC1)NCC1(c2cccc(C(F)(F)F)c2)CCC1. The monoisotopic (exact) mass is 439 g/mol. The zero-order chi connectivity index (χ0) is 22.3. The Morgan fingerprint density at radius 1 is 1.10 bits per heavy atom. The average molecular weight is 440 g/mol. The lowest BCUT2D eigenvalue weighted by molar-refractivity contribution is -0.137. The quantitative estimate of drug-likeness (QED) is 0.389. The number of aliphatic imine (C=N–C) groups is 1. The second-order valence-electron chi connectivity index (χ2n) is 8.92. The number of hydrogen-bond donors (Lipinski definition) is 2. The molecule has 0 unspecified atom stereocenters. The molecule has 1 aliphatic carbocycles. The molecule has 5 nitrogen and oxygen atoms in total. The van der Waals surface area contributed by atoms with Crippen LogP contribution in [0.3, 0.4) is 0 Å². The van der Waals surface area contributed by atoms with Gasteiger partial charge in [0, 0.05) is 38.6 Å². The molecule has 2 aliphatic rings. The van der Waals surface area contributed by atoms with Gasteiger partial charge in [0.25, 0.3) is 0 Å². The summed E-state index contributed by atoms with van der Waals surface area (Å²) in [6.45, 7) is 7.02. The van der Waals surface area contributed by atoms with E-state index < -0.39 is 11.7 Å². The van der Waals surface area contributed by atoms with Gasteiger partial charge in [-0.25, -0.2) is 0 Å². The topological polar surface area (TPSA) is 42.9 Å².